The van der Waals surface area contributed by atoms with Gasteiger partial charge < -0.3 is 10.2 Å². The Morgan fingerprint density at radius 1 is 1.43 bits per heavy atom. The number of aliphatic hydroxyl groups excluding tert-OH is 2. The highest BCUT2D eigenvalue weighted by atomic mass is 19.1. The minimum absolute atomic E-state index is 0.0564. The second-order valence-corrected chi connectivity index (χ2v) is 3.00. The highest BCUT2D eigenvalue weighted by Gasteiger charge is 2.21. The first-order valence-corrected chi connectivity index (χ1v) is 4.08. The number of nitrogens with zero attached hydrogens (tertiary/aromatic N) is 1. The molecule has 0 heterocycles. The van der Waals surface area contributed by atoms with Gasteiger partial charge in [-0.1, -0.05) is 18.2 Å². The molecule has 0 amide bonds. The Kier molecular flexibility index (Phi) is 3.18. The first kappa shape index (κ1) is 10.6. The van der Waals surface area contributed by atoms with E-state index in [1.807, 2.05) is 0 Å². The van der Waals surface area contributed by atoms with Crippen molar-refractivity contribution in [2.24, 2.45) is 0 Å². The third-order valence-electron chi connectivity index (χ3n) is 1.97. The summed E-state index contributed by atoms with van der Waals surface area (Å²) in [4.78, 5) is 0. The van der Waals surface area contributed by atoms with E-state index in [9.17, 15) is 9.50 Å². The summed E-state index contributed by atoms with van der Waals surface area (Å²) in [5, 5.41) is 26.7. The van der Waals surface area contributed by atoms with E-state index in [2.05, 4.69) is 0 Å². The Morgan fingerprint density at radius 2 is 2.07 bits per heavy atom. The number of aryl methyl sites for hydroxylation is 1. The Hall–Kier alpha value is -1.44. The lowest BCUT2D eigenvalue weighted by Crippen LogP contribution is -2.17. The van der Waals surface area contributed by atoms with Gasteiger partial charge in [-0.3, -0.25) is 0 Å². The Morgan fingerprint density at radius 3 is 2.64 bits per heavy atom. The lowest BCUT2D eigenvalue weighted by Gasteiger charge is -2.13. The summed E-state index contributed by atoms with van der Waals surface area (Å²) in [5.74, 6) is -0.589. The van der Waals surface area contributed by atoms with Crippen LogP contribution in [0.5, 0.6) is 0 Å². The predicted octanol–water partition coefficient (Wildman–Crippen LogP) is 1.05. The van der Waals surface area contributed by atoms with Crippen LogP contribution in [-0.2, 0) is 0 Å². The molecule has 1 aromatic carbocycles. The summed E-state index contributed by atoms with van der Waals surface area (Å²) < 4.78 is 13.4. The zero-order valence-electron chi connectivity index (χ0n) is 7.61. The monoisotopic (exact) mass is 195 g/mol. The lowest BCUT2D eigenvalue weighted by atomic mass is 10.0. The average Bonchev–Trinajstić information content (AvgIpc) is 2.20. The molecule has 74 valence electrons. The van der Waals surface area contributed by atoms with Crippen LogP contribution in [-0.4, -0.2) is 16.3 Å². The van der Waals surface area contributed by atoms with Crippen LogP contribution in [0.3, 0.4) is 0 Å². The minimum Gasteiger partial charge on any atom is -0.384 e. The van der Waals surface area contributed by atoms with Gasteiger partial charge >= 0.3 is 0 Å². The fourth-order valence-corrected chi connectivity index (χ4v) is 1.14. The molecule has 1 rings (SSSR count). The molecule has 4 heteroatoms. The molecule has 0 aromatic heterocycles. The summed E-state index contributed by atoms with van der Waals surface area (Å²) in [6, 6.07) is 5.89. The Labute approximate surface area is 81.0 Å². The molecule has 0 aliphatic rings. The van der Waals surface area contributed by atoms with Crippen LogP contribution in [0.25, 0.3) is 0 Å². The smallest absolute Gasteiger partial charge is 0.170 e. The molecule has 2 unspecified atom stereocenters. The van der Waals surface area contributed by atoms with Crippen molar-refractivity contribution in [3.8, 4) is 6.07 Å². The molecule has 1 aromatic rings. The second kappa shape index (κ2) is 4.18. The van der Waals surface area contributed by atoms with Crippen molar-refractivity contribution in [2.45, 2.75) is 19.1 Å². The molecule has 0 aliphatic heterocycles. The summed E-state index contributed by atoms with van der Waals surface area (Å²) in [7, 11) is 0. The highest BCUT2D eigenvalue weighted by Crippen LogP contribution is 2.21. The number of rotatable bonds is 2. The third-order valence-corrected chi connectivity index (χ3v) is 1.97. The zero-order chi connectivity index (χ0) is 10.7. The molecule has 3 nitrogen and oxygen atoms in total. The van der Waals surface area contributed by atoms with Gasteiger partial charge in [-0.15, -0.1) is 0 Å². The van der Waals surface area contributed by atoms with Gasteiger partial charge in [0, 0.05) is 5.56 Å². The maximum atomic E-state index is 13.4. The SMILES string of the molecule is Cc1cccc(C(O)C(O)C#N)c1F. The van der Waals surface area contributed by atoms with E-state index in [1.54, 1.807) is 19.1 Å². The predicted molar refractivity (Wildman–Crippen MR) is 47.7 cm³/mol. The van der Waals surface area contributed by atoms with E-state index in [1.165, 1.54) is 12.1 Å². The largest absolute Gasteiger partial charge is 0.384 e. The summed E-state index contributed by atoms with van der Waals surface area (Å²) in [6.07, 6.45) is -3.11. The molecule has 0 fully saturated rings. The molecule has 2 atom stereocenters. The van der Waals surface area contributed by atoms with Crippen LogP contribution in [0.15, 0.2) is 18.2 Å². The van der Waals surface area contributed by atoms with Crippen LogP contribution in [0.2, 0.25) is 0 Å². The number of hydrogen-bond acceptors (Lipinski definition) is 3. The van der Waals surface area contributed by atoms with Gasteiger partial charge in [-0.05, 0) is 12.5 Å². The topological polar surface area (TPSA) is 64.2 Å². The average molecular weight is 195 g/mol. The van der Waals surface area contributed by atoms with Crippen molar-refractivity contribution < 1.29 is 14.6 Å². The summed E-state index contributed by atoms with van der Waals surface area (Å²) >= 11 is 0. The normalized spacial score (nSPS) is 14.5. The van der Waals surface area contributed by atoms with Gasteiger partial charge in [0.25, 0.3) is 0 Å². The van der Waals surface area contributed by atoms with Gasteiger partial charge in [0.1, 0.15) is 11.9 Å². The van der Waals surface area contributed by atoms with Crippen molar-refractivity contribution >= 4 is 0 Å². The van der Waals surface area contributed by atoms with Crippen molar-refractivity contribution in [3.63, 3.8) is 0 Å². The fourth-order valence-electron chi connectivity index (χ4n) is 1.14. The van der Waals surface area contributed by atoms with Gasteiger partial charge in [0.15, 0.2) is 6.10 Å². The van der Waals surface area contributed by atoms with Crippen LogP contribution >= 0.6 is 0 Å². The van der Waals surface area contributed by atoms with E-state index >= 15 is 0 Å². The molecule has 14 heavy (non-hydrogen) atoms. The van der Waals surface area contributed by atoms with Crippen molar-refractivity contribution in [2.75, 3.05) is 0 Å². The van der Waals surface area contributed by atoms with Gasteiger partial charge in [0.2, 0.25) is 0 Å². The molecule has 0 saturated heterocycles. The van der Waals surface area contributed by atoms with Crippen molar-refractivity contribution in [3.05, 3.63) is 35.1 Å². The number of hydrogen-bond donors (Lipinski definition) is 2. The van der Waals surface area contributed by atoms with E-state index in [0.717, 1.165) is 0 Å². The van der Waals surface area contributed by atoms with Gasteiger partial charge in [-0.25, -0.2) is 4.39 Å². The zero-order valence-corrected chi connectivity index (χ0v) is 7.61. The van der Waals surface area contributed by atoms with Crippen molar-refractivity contribution in [1.82, 2.24) is 0 Å². The number of nitriles is 1. The maximum absolute atomic E-state index is 13.4. The minimum atomic E-state index is -1.61. The van der Waals surface area contributed by atoms with Gasteiger partial charge in [-0.2, -0.15) is 5.26 Å². The molecule has 0 spiro atoms. The van der Waals surface area contributed by atoms with E-state index < -0.39 is 18.0 Å². The van der Waals surface area contributed by atoms with E-state index in [-0.39, 0.29) is 5.56 Å². The summed E-state index contributed by atoms with van der Waals surface area (Å²) in [6.45, 7) is 1.55. The maximum Gasteiger partial charge on any atom is 0.170 e. The van der Waals surface area contributed by atoms with Crippen molar-refractivity contribution in [1.29, 1.82) is 5.26 Å². The Bertz CT molecular complexity index is 373. The van der Waals surface area contributed by atoms with E-state index in [4.69, 9.17) is 10.4 Å². The molecule has 2 N–H and O–H groups in total. The molecule has 0 bridgehead atoms. The second-order valence-electron chi connectivity index (χ2n) is 3.00. The first-order chi connectivity index (χ1) is 6.57. The quantitative estimate of drug-likeness (QED) is 0.693. The Balaban J connectivity index is 3.08. The van der Waals surface area contributed by atoms with Crippen LogP contribution in [0, 0.1) is 24.1 Å². The van der Waals surface area contributed by atoms with Crippen LogP contribution in [0.1, 0.15) is 17.2 Å². The van der Waals surface area contributed by atoms with Crippen LogP contribution < -0.4 is 0 Å². The number of aliphatic hydroxyl groups is 2. The molecule has 0 aliphatic carbocycles. The fraction of sp³-hybridized carbons (Fsp3) is 0.300. The number of benzene rings is 1. The molecular weight excluding hydrogens is 185 g/mol. The molecular formula is C10H10FNO2. The van der Waals surface area contributed by atoms with Gasteiger partial charge in [0.05, 0.1) is 6.07 Å². The lowest BCUT2D eigenvalue weighted by molar-refractivity contribution is 0.0502. The highest BCUT2D eigenvalue weighted by molar-refractivity contribution is 5.28. The van der Waals surface area contributed by atoms with E-state index in [0.29, 0.717) is 5.56 Å². The molecule has 0 radical (unpaired) electrons. The summed E-state index contributed by atoms with van der Waals surface area (Å²) in [5.41, 5.74) is 0.311. The number of halogens is 1. The third kappa shape index (κ3) is 1.90. The molecule has 0 saturated carbocycles. The van der Waals surface area contributed by atoms with Crippen LogP contribution in [0.4, 0.5) is 4.39 Å². The first-order valence-electron chi connectivity index (χ1n) is 4.08. The standard InChI is InChI=1S/C10H10FNO2/c1-6-3-2-4-7(9(6)11)10(14)8(13)5-12/h2-4,8,10,13-14H,1H3.